The smallest absolute Gasteiger partial charge is 0.336 e. The van der Waals surface area contributed by atoms with Gasteiger partial charge in [-0.05, 0) is 12.1 Å². The zero-order chi connectivity index (χ0) is 13.5. The highest BCUT2D eigenvalue weighted by Gasteiger charge is 2.12. The van der Waals surface area contributed by atoms with Gasteiger partial charge in [0.1, 0.15) is 0 Å². The quantitative estimate of drug-likeness (QED) is 0.706. The first-order valence-corrected chi connectivity index (χ1v) is 6.00. The average Bonchev–Trinajstić information content (AvgIpc) is 2.36. The van der Waals surface area contributed by atoms with E-state index in [4.69, 9.17) is 5.11 Å². The number of carbonyl (C=O) groups excluding carboxylic acids is 2. The van der Waals surface area contributed by atoms with Gasteiger partial charge in [0.15, 0.2) is 0 Å². The van der Waals surface area contributed by atoms with Crippen LogP contribution in [0.25, 0.3) is 0 Å². The van der Waals surface area contributed by atoms with Crippen molar-refractivity contribution in [3.63, 3.8) is 0 Å². The van der Waals surface area contributed by atoms with Gasteiger partial charge in [0.2, 0.25) is 5.91 Å². The van der Waals surface area contributed by atoms with Crippen molar-refractivity contribution < 1.29 is 19.5 Å². The Morgan fingerprint density at radius 1 is 1.28 bits per heavy atom. The van der Waals surface area contributed by atoms with E-state index in [-0.39, 0.29) is 11.3 Å². The van der Waals surface area contributed by atoms with E-state index in [0.29, 0.717) is 4.90 Å². The Labute approximate surface area is 108 Å². The predicted octanol–water partition coefficient (Wildman–Crippen LogP) is 0.933. The maximum atomic E-state index is 11.3. The van der Waals surface area contributed by atoms with Crippen LogP contribution in [0.3, 0.4) is 0 Å². The number of urea groups is 1. The van der Waals surface area contributed by atoms with Crippen molar-refractivity contribution in [3.8, 4) is 0 Å². The average molecular weight is 268 g/mol. The standard InChI is InChI=1S/C11H12N2O4S/c1-12-11(17)13-9(14)6-18-8-5-3-2-4-7(8)10(15)16/h2-5H,6H2,1H3,(H,15,16)(H2,12,13,14,17). The van der Waals surface area contributed by atoms with E-state index in [1.165, 1.54) is 13.1 Å². The number of carboxylic acids is 1. The summed E-state index contributed by atoms with van der Waals surface area (Å²) in [6, 6.07) is 5.78. The Morgan fingerprint density at radius 2 is 1.94 bits per heavy atom. The molecule has 3 N–H and O–H groups in total. The summed E-state index contributed by atoms with van der Waals surface area (Å²) in [5, 5.41) is 13.3. The summed E-state index contributed by atoms with van der Waals surface area (Å²) in [7, 11) is 1.40. The number of aromatic carboxylic acids is 1. The summed E-state index contributed by atoms with van der Waals surface area (Å²) in [6.45, 7) is 0. The monoisotopic (exact) mass is 268 g/mol. The molecule has 0 aromatic heterocycles. The third-order valence-corrected chi connectivity index (χ3v) is 3.03. The number of benzene rings is 1. The fraction of sp³-hybridized carbons (Fsp3) is 0.182. The van der Waals surface area contributed by atoms with E-state index in [1.807, 2.05) is 0 Å². The summed E-state index contributed by atoms with van der Waals surface area (Å²) in [5.74, 6) is -1.57. The van der Waals surface area contributed by atoms with Crippen LogP contribution in [-0.4, -0.2) is 35.8 Å². The van der Waals surface area contributed by atoms with Crippen molar-refractivity contribution in [1.82, 2.24) is 10.6 Å². The highest BCUT2D eigenvalue weighted by atomic mass is 32.2. The highest BCUT2D eigenvalue weighted by Crippen LogP contribution is 2.22. The summed E-state index contributed by atoms with van der Waals surface area (Å²) in [5.41, 5.74) is 0.134. The zero-order valence-electron chi connectivity index (χ0n) is 9.60. The summed E-state index contributed by atoms with van der Waals surface area (Å²) in [4.78, 5) is 33.6. The third-order valence-electron chi connectivity index (χ3n) is 1.96. The number of hydrogen-bond acceptors (Lipinski definition) is 4. The van der Waals surface area contributed by atoms with Gasteiger partial charge in [0.05, 0.1) is 11.3 Å². The Kier molecular flexibility index (Phi) is 5.19. The number of carboxylic acid groups (broad SMARTS) is 1. The minimum Gasteiger partial charge on any atom is -0.478 e. The maximum Gasteiger partial charge on any atom is 0.336 e. The third kappa shape index (κ3) is 4.10. The Bertz CT molecular complexity index is 476. The van der Waals surface area contributed by atoms with Gasteiger partial charge in [-0.3, -0.25) is 10.1 Å². The van der Waals surface area contributed by atoms with E-state index < -0.39 is 17.9 Å². The van der Waals surface area contributed by atoms with Crippen LogP contribution < -0.4 is 10.6 Å². The summed E-state index contributed by atoms with van der Waals surface area (Å²) in [6.07, 6.45) is 0. The lowest BCUT2D eigenvalue weighted by atomic mass is 10.2. The number of imide groups is 1. The van der Waals surface area contributed by atoms with Crippen LogP contribution in [0.4, 0.5) is 4.79 Å². The molecule has 0 aliphatic heterocycles. The fourth-order valence-electron chi connectivity index (χ4n) is 1.14. The van der Waals surface area contributed by atoms with Gasteiger partial charge in [-0.2, -0.15) is 0 Å². The van der Waals surface area contributed by atoms with Gasteiger partial charge in [0.25, 0.3) is 0 Å². The molecular weight excluding hydrogens is 256 g/mol. The Hall–Kier alpha value is -2.02. The normalized spacial score (nSPS) is 9.61. The van der Waals surface area contributed by atoms with Crippen LogP contribution in [0.1, 0.15) is 10.4 Å². The van der Waals surface area contributed by atoms with Gasteiger partial charge in [-0.15, -0.1) is 11.8 Å². The van der Waals surface area contributed by atoms with E-state index in [9.17, 15) is 14.4 Å². The molecule has 0 aliphatic rings. The number of rotatable bonds is 4. The summed E-state index contributed by atoms with van der Waals surface area (Å²) < 4.78 is 0. The molecule has 1 aromatic rings. The lowest BCUT2D eigenvalue weighted by molar-refractivity contribution is -0.117. The molecular formula is C11H12N2O4S. The second-order valence-corrected chi connectivity index (χ2v) is 4.23. The molecule has 0 atom stereocenters. The molecule has 96 valence electrons. The molecule has 0 aliphatic carbocycles. The molecule has 0 bridgehead atoms. The number of carbonyl (C=O) groups is 3. The van der Waals surface area contributed by atoms with Gasteiger partial charge in [-0.1, -0.05) is 12.1 Å². The molecule has 0 radical (unpaired) electrons. The van der Waals surface area contributed by atoms with Crippen LogP contribution >= 0.6 is 11.8 Å². The molecule has 0 spiro atoms. The molecule has 7 heteroatoms. The zero-order valence-corrected chi connectivity index (χ0v) is 10.4. The molecule has 6 nitrogen and oxygen atoms in total. The molecule has 18 heavy (non-hydrogen) atoms. The second-order valence-electron chi connectivity index (χ2n) is 3.22. The van der Waals surface area contributed by atoms with Gasteiger partial charge in [0, 0.05) is 11.9 Å². The van der Waals surface area contributed by atoms with Crippen molar-refractivity contribution in [2.75, 3.05) is 12.8 Å². The largest absolute Gasteiger partial charge is 0.478 e. The highest BCUT2D eigenvalue weighted by molar-refractivity contribution is 8.00. The second kappa shape index (κ2) is 6.65. The molecule has 0 heterocycles. The molecule has 0 saturated carbocycles. The van der Waals surface area contributed by atoms with E-state index >= 15 is 0 Å². The van der Waals surface area contributed by atoms with Crippen molar-refractivity contribution in [1.29, 1.82) is 0 Å². The fourth-order valence-corrected chi connectivity index (χ4v) is 1.98. The molecule has 1 aromatic carbocycles. The first kappa shape index (κ1) is 14.0. The number of hydrogen-bond donors (Lipinski definition) is 3. The molecule has 1 rings (SSSR count). The Balaban J connectivity index is 2.61. The van der Waals surface area contributed by atoms with E-state index in [0.717, 1.165) is 11.8 Å². The SMILES string of the molecule is CNC(=O)NC(=O)CSc1ccccc1C(=O)O. The Morgan fingerprint density at radius 3 is 2.56 bits per heavy atom. The molecule has 0 fully saturated rings. The van der Waals surface area contributed by atoms with Crippen LogP contribution in [0.5, 0.6) is 0 Å². The van der Waals surface area contributed by atoms with E-state index in [2.05, 4.69) is 10.6 Å². The van der Waals surface area contributed by atoms with Crippen molar-refractivity contribution in [2.45, 2.75) is 4.90 Å². The van der Waals surface area contributed by atoms with Crippen molar-refractivity contribution in [2.24, 2.45) is 0 Å². The number of amides is 3. The lowest BCUT2D eigenvalue weighted by Crippen LogP contribution is -2.38. The van der Waals surface area contributed by atoms with Crippen molar-refractivity contribution >= 4 is 29.7 Å². The first-order valence-electron chi connectivity index (χ1n) is 5.01. The molecule has 3 amide bonds. The number of thioether (sulfide) groups is 1. The van der Waals surface area contributed by atoms with Crippen LogP contribution in [0.15, 0.2) is 29.2 Å². The summed E-state index contributed by atoms with van der Waals surface area (Å²) >= 11 is 1.06. The van der Waals surface area contributed by atoms with Gasteiger partial charge >= 0.3 is 12.0 Å². The minimum atomic E-state index is -1.05. The van der Waals surface area contributed by atoms with Crippen molar-refractivity contribution in [3.05, 3.63) is 29.8 Å². The van der Waals surface area contributed by atoms with Gasteiger partial charge in [-0.25, -0.2) is 9.59 Å². The predicted molar refractivity (Wildman–Crippen MR) is 66.7 cm³/mol. The number of nitrogens with one attached hydrogen (secondary N) is 2. The first-order chi connectivity index (χ1) is 8.54. The lowest BCUT2D eigenvalue weighted by Gasteiger charge is -2.05. The van der Waals surface area contributed by atoms with Crippen LogP contribution in [0, 0.1) is 0 Å². The van der Waals surface area contributed by atoms with Crippen LogP contribution in [0.2, 0.25) is 0 Å². The maximum absolute atomic E-state index is 11.3. The minimum absolute atomic E-state index is 0.0300. The van der Waals surface area contributed by atoms with Crippen LogP contribution in [-0.2, 0) is 4.79 Å². The topological polar surface area (TPSA) is 95.5 Å². The van der Waals surface area contributed by atoms with E-state index in [1.54, 1.807) is 18.2 Å². The van der Waals surface area contributed by atoms with Gasteiger partial charge < -0.3 is 10.4 Å². The molecule has 0 saturated heterocycles. The molecule has 0 unspecified atom stereocenters.